The van der Waals surface area contributed by atoms with Gasteiger partial charge in [0.25, 0.3) is 5.56 Å². The van der Waals surface area contributed by atoms with Gasteiger partial charge in [0.05, 0.1) is 11.4 Å². The van der Waals surface area contributed by atoms with Crippen LogP contribution < -0.4 is 11.2 Å². The second-order valence-corrected chi connectivity index (χ2v) is 6.41. The van der Waals surface area contributed by atoms with E-state index in [9.17, 15) is 27.2 Å². The third-order valence-electron chi connectivity index (χ3n) is 4.53. The maximum absolute atomic E-state index is 13.0. The smallest absolute Gasteiger partial charge is 0.364 e. The predicted octanol–water partition coefficient (Wildman–Crippen LogP) is 2.51. The number of aromatic nitrogens is 2. The Labute approximate surface area is 151 Å². The van der Waals surface area contributed by atoms with E-state index in [1.807, 2.05) is 4.90 Å². The zero-order valence-corrected chi connectivity index (χ0v) is 14.5. The molecule has 0 amide bonds. The van der Waals surface area contributed by atoms with E-state index in [1.165, 1.54) is 19.1 Å². The van der Waals surface area contributed by atoms with E-state index in [0.717, 1.165) is 10.1 Å². The van der Waals surface area contributed by atoms with Gasteiger partial charge in [-0.25, -0.2) is 9.18 Å². The molecule has 1 aromatic carbocycles. The Kier molecular flexibility index (Phi) is 4.71. The molecule has 1 aliphatic heterocycles. The predicted molar refractivity (Wildman–Crippen MR) is 91.6 cm³/mol. The van der Waals surface area contributed by atoms with E-state index in [2.05, 4.69) is 6.58 Å². The number of hydrogen-bond donors (Lipinski definition) is 0. The summed E-state index contributed by atoms with van der Waals surface area (Å²) in [6, 6.07) is 5.86. The molecule has 0 radical (unpaired) electrons. The fourth-order valence-corrected chi connectivity index (χ4v) is 3.22. The van der Waals surface area contributed by atoms with E-state index in [0.29, 0.717) is 18.8 Å². The Morgan fingerprint density at radius 1 is 1.11 bits per heavy atom. The summed E-state index contributed by atoms with van der Waals surface area (Å²) in [4.78, 5) is 26.6. The Morgan fingerprint density at radius 2 is 1.74 bits per heavy atom. The molecule has 0 unspecified atom stereocenters. The van der Waals surface area contributed by atoms with Crippen LogP contribution in [0.2, 0.25) is 0 Å². The van der Waals surface area contributed by atoms with Crippen LogP contribution in [0, 0.1) is 12.7 Å². The Bertz CT molecular complexity index is 1000. The summed E-state index contributed by atoms with van der Waals surface area (Å²) in [5.74, 6) is -0.367. The first-order valence-electron chi connectivity index (χ1n) is 8.18. The largest absolute Gasteiger partial charge is 0.406 e. The fourth-order valence-electron chi connectivity index (χ4n) is 3.22. The molecule has 0 saturated heterocycles. The van der Waals surface area contributed by atoms with Crippen LogP contribution in [-0.2, 0) is 19.6 Å². The summed E-state index contributed by atoms with van der Waals surface area (Å²) in [5.41, 5.74) is -0.536. The number of fused-ring (bicyclic) bond motifs is 1. The maximum Gasteiger partial charge on any atom is 0.406 e. The molecule has 1 aliphatic rings. The first kappa shape index (κ1) is 18.9. The van der Waals surface area contributed by atoms with Crippen molar-refractivity contribution in [2.75, 3.05) is 6.54 Å². The molecule has 0 fully saturated rings. The minimum absolute atomic E-state index is 0.0349. The summed E-state index contributed by atoms with van der Waals surface area (Å²) < 4.78 is 52.6. The average Bonchev–Trinajstić information content (AvgIpc) is 2.59. The van der Waals surface area contributed by atoms with Crippen molar-refractivity contribution in [3.63, 3.8) is 0 Å². The third kappa shape index (κ3) is 3.67. The standard InChI is InChI=1S/C18H17F4N3O2/c1-11-15-12(2)23(9-13-3-5-14(19)6-4-13)7-8-24(15)17(27)25(16(11)26)10-18(20,21)22/h3-6H,2,7-10H2,1H3. The van der Waals surface area contributed by atoms with Crippen molar-refractivity contribution in [1.82, 2.24) is 14.0 Å². The van der Waals surface area contributed by atoms with Crippen molar-refractivity contribution in [1.29, 1.82) is 0 Å². The molecule has 1 aromatic heterocycles. The lowest BCUT2D eigenvalue weighted by atomic mass is 10.1. The van der Waals surface area contributed by atoms with Gasteiger partial charge in [-0.3, -0.25) is 13.9 Å². The number of hydrogen-bond acceptors (Lipinski definition) is 3. The molecule has 0 saturated carbocycles. The first-order chi connectivity index (χ1) is 12.6. The lowest BCUT2D eigenvalue weighted by Crippen LogP contribution is -2.49. The Balaban J connectivity index is 1.99. The summed E-state index contributed by atoms with van der Waals surface area (Å²) in [6.07, 6.45) is -4.68. The van der Waals surface area contributed by atoms with Gasteiger partial charge < -0.3 is 4.90 Å². The van der Waals surface area contributed by atoms with E-state index in [1.54, 1.807) is 12.1 Å². The molecular weight excluding hydrogens is 366 g/mol. The van der Waals surface area contributed by atoms with Crippen molar-refractivity contribution in [2.45, 2.75) is 32.7 Å². The van der Waals surface area contributed by atoms with Crippen molar-refractivity contribution >= 4 is 5.70 Å². The third-order valence-corrected chi connectivity index (χ3v) is 4.53. The highest BCUT2D eigenvalue weighted by Crippen LogP contribution is 2.25. The molecule has 0 bridgehead atoms. The van der Waals surface area contributed by atoms with Gasteiger partial charge in [0.15, 0.2) is 0 Å². The van der Waals surface area contributed by atoms with Gasteiger partial charge in [0, 0.05) is 25.2 Å². The van der Waals surface area contributed by atoms with Crippen LogP contribution in [0.5, 0.6) is 0 Å². The second-order valence-electron chi connectivity index (χ2n) is 6.41. The van der Waals surface area contributed by atoms with Crippen LogP contribution in [0.15, 0.2) is 40.4 Å². The van der Waals surface area contributed by atoms with E-state index < -0.39 is 24.0 Å². The SMILES string of the molecule is C=C1c2c(C)c(=O)n(CC(F)(F)F)c(=O)n2CCN1Cc1ccc(F)cc1. The van der Waals surface area contributed by atoms with Crippen molar-refractivity contribution in [3.8, 4) is 0 Å². The van der Waals surface area contributed by atoms with Crippen molar-refractivity contribution in [2.24, 2.45) is 0 Å². The molecular formula is C18H17F4N3O2. The summed E-state index contributed by atoms with van der Waals surface area (Å²) >= 11 is 0. The van der Waals surface area contributed by atoms with E-state index in [-0.39, 0.29) is 28.2 Å². The van der Waals surface area contributed by atoms with E-state index >= 15 is 0 Å². The van der Waals surface area contributed by atoms with Crippen molar-refractivity contribution < 1.29 is 17.6 Å². The van der Waals surface area contributed by atoms with Crippen LogP contribution in [0.3, 0.4) is 0 Å². The van der Waals surface area contributed by atoms with Crippen molar-refractivity contribution in [3.05, 3.63) is 74.3 Å². The molecule has 0 atom stereocenters. The number of nitrogens with zero attached hydrogens (tertiary/aromatic N) is 3. The molecule has 9 heteroatoms. The van der Waals surface area contributed by atoms with Crippen LogP contribution in [-0.4, -0.2) is 26.8 Å². The molecule has 0 N–H and O–H groups in total. The number of alkyl halides is 3. The highest BCUT2D eigenvalue weighted by molar-refractivity contribution is 5.62. The Morgan fingerprint density at radius 3 is 2.33 bits per heavy atom. The average molecular weight is 383 g/mol. The molecule has 27 heavy (non-hydrogen) atoms. The van der Waals surface area contributed by atoms with E-state index in [4.69, 9.17) is 0 Å². The van der Waals surface area contributed by atoms with Gasteiger partial charge in [-0.05, 0) is 24.6 Å². The molecule has 2 heterocycles. The van der Waals surface area contributed by atoms with Crippen LogP contribution in [0.1, 0.15) is 16.8 Å². The quantitative estimate of drug-likeness (QED) is 0.766. The summed E-state index contributed by atoms with van der Waals surface area (Å²) in [7, 11) is 0. The summed E-state index contributed by atoms with van der Waals surface area (Å²) in [6.45, 7) is 4.49. The van der Waals surface area contributed by atoms with Crippen LogP contribution >= 0.6 is 0 Å². The van der Waals surface area contributed by atoms with Gasteiger partial charge in [-0.15, -0.1) is 0 Å². The van der Waals surface area contributed by atoms with Gasteiger partial charge in [0.1, 0.15) is 12.4 Å². The number of rotatable bonds is 3. The molecule has 0 aliphatic carbocycles. The molecule has 3 rings (SSSR count). The van der Waals surface area contributed by atoms with Crippen LogP contribution in [0.25, 0.3) is 5.70 Å². The van der Waals surface area contributed by atoms with Gasteiger partial charge in [-0.1, -0.05) is 18.7 Å². The highest BCUT2D eigenvalue weighted by atomic mass is 19.4. The molecule has 0 spiro atoms. The second kappa shape index (κ2) is 6.71. The fraction of sp³-hybridized carbons (Fsp3) is 0.333. The lowest BCUT2D eigenvalue weighted by molar-refractivity contribution is -0.142. The monoisotopic (exact) mass is 383 g/mol. The number of benzene rings is 1. The Hall–Kier alpha value is -2.84. The number of halogens is 4. The molecule has 144 valence electrons. The minimum Gasteiger partial charge on any atom is -0.364 e. The van der Waals surface area contributed by atoms with Crippen LogP contribution in [0.4, 0.5) is 17.6 Å². The maximum atomic E-state index is 13.0. The van der Waals surface area contributed by atoms with Gasteiger partial charge in [-0.2, -0.15) is 13.2 Å². The first-order valence-corrected chi connectivity index (χ1v) is 8.18. The normalized spacial score (nSPS) is 14.4. The zero-order valence-electron chi connectivity index (χ0n) is 14.5. The minimum atomic E-state index is -4.68. The lowest BCUT2D eigenvalue weighted by Gasteiger charge is -2.34. The summed E-state index contributed by atoms with van der Waals surface area (Å²) in [5, 5.41) is 0. The van der Waals surface area contributed by atoms with Gasteiger partial charge >= 0.3 is 11.9 Å². The highest BCUT2D eigenvalue weighted by Gasteiger charge is 2.32. The molecule has 5 nitrogen and oxygen atoms in total. The molecule has 2 aromatic rings. The van der Waals surface area contributed by atoms with Gasteiger partial charge in [0.2, 0.25) is 0 Å². The zero-order chi connectivity index (χ0) is 19.9. The topological polar surface area (TPSA) is 47.2 Å².